The van der Waals surface area contributed by atoms with Crippen LogP contribution in [0.2, 0.25) is 0 Å². The Hall–Kier alpha value is -1.70. The average Bonchev–Trinajstić information content (AvgIpc) is 2.70. The molecule has 0 unspecified atom stereocenters. The van der Waals surface area contributed by atoms with Crippen molar-refractivity contribution < 1.29 is 4.74 Å². The summed E-state index contributed by atoms with van der Waals surface area (Å²) in [6, 6.07) is 6.33. The molecule has 16 heavy (non-hydrogen) atoms. The van der Waals surface area contributed by atoms with Crippen molar-refractivity contribution in [3.05, 3.63) is 41.1 Å². The number of hydrogen-bond acceptors (Lipinski definition) is 1. The molecule has 3 rings (SSSR count). The second-order valence-corrected chi connectivity index (χ2v) is 4.35. The zero-order valence-corrected chi connectivity index (χ0v) is 9.63. The molecule has 0 saturated heterocycles. The van der Waals surface area contributed by atoms with Gasteiger partial charge in [-0.05, 0) is 54.7 Å². The van der Waals surface area contributed by atoms with E-state index in [2.05, 4.69) is 30.2 Å². The van der Waals surface area contributed by atoms with Crippen molar-refractivity contribution in [3.8, 4) is 17.0 Å². The van der Waals surface area contributed by atoms with Crippen molar-refractivity contribution >= 4 is 0 Å². The second kappa shape index (κ2) is 3.41. The van der Waals surface area contributed by atoms with Gasteiger partial charge in [-0.2, -0.15) is 0 Å². The van der Waals surface area contributed by atoms with E-state index in [4.69, 9.17) is 4.74 Å². The number of H-pyrrole nitrogens is 1. The Morgan fingerprint density at radius 2 is 2.12 bits per heavy atom. The van der Waals surface area contributed by atoms with Crippen LogP contribution in [0, 0.1) is 6.92 Å². The van der Waals surface area contributed by atoms with Gasteiger partial charge in [-0.25, -0.2) is 0 Å². The molecule has 0 radical (unpaired) electrons. The van der Waals surface area contributed by atoms with Crippen LogP contribution in [-0.2, 0) is 12.8 Å². The maximum Gasteiger partial charge on any atom is 0.119 e. The number of aryl methyl sites for hydroxylation is 2. The number of nitrogens with one attached hydrogen (secondary N) is 1. The Morgan fingerprint density at radius 3 is 2.94 bits per heavy atom. The van der Waals surface area contributed by atoms with Crippen LogP contribution >= 0.6 is 0 Å². The summed E-state index contributed by atoms with van der Waals surface area (Å²) < 4.78 is 5.26. The molecule has 0 aliphatic heterocycles. The quantitative estimate of drug-likeness (QED) is 0.773. The van der Waals surface area contributed by atoms with E-state index in [0.717, 1.165) is 18.6 Å². The Kier molecular flexibility index (Phi) is 2.03. The van der Waals surface area contributed by atoms with Gasteiger partial charge in [0, 0.05) is 17.5 Å². The number of hydrogen-bond donors (Lipinski definition) is 1. The standard InChI is InChI=1S/C14H15NO/c1-9-8-15-14-12(9)5-3-10-7-11(16-2)4-6-13(10)14/h4,6-8,15H,3,5H2,1-2H3. The molecule has 1 N–H and O–H groups in total. The van der Waals surface area contributed by atoms with Crippen molar-refractivity contribution in [2.75, 3.05) is 7.11 Å². The second-order valence-electron chi connectivity index (χ2n) is 4.35. The first kappa shape index (κ1) is 9.52. The van der Waals surface area contributed by atoms with Gasteiger partial charge >= 0.3 is 0 Å². The van der Waals surface area contributed by atoms with Gasteiger partial charge in [0.2, 0.25) is 0 Å². The summed E-state index contributed by atoms with van der Waals surface area (Å²) in [5.74, 6) is 0.950. The fourth-order valence-corrected chi connectivity index (χ4v) is 2.52. The summed E-state index contributed by atoms with van der Waals surface area (Å²) in [6.45, 7) is 2.17. The van der Waals surface area contributed by atoms with Crippen molar-refractivity contribution in [3.63, 3.8) is 0 Å². The fraction of sp³-hybridized carbons (Fsp3) is 0.286. The maximum absolute atomic E-state index is 5.26. The van der Waals surface area contributed by atoms with E-state index in [0.29, 0.717) is 0 Å². The van der Waals surface area contributed by atoms with E-state index >= 15 is 0 Å². The van der Waals surface area contributed by atoms with Gasteiger partial charge in [0.15, 0.2) is 0 Å². The summed E-state index contributed by atoms with van der Waals surface area (Å²) in [4.78, 5) is 3.38. The minimum atomic E-state index is 0.950. The van der Waals surface area contributed by atoms with Crippen LogP contribution in [0.4, 0.5) is 0 Å². The van der Waals surface area contributed by atoms with Gasteiger partial charge in [0.05, 0.1) is 7.11 Å². The lowest BCUT2D eigenvalue weighted by Crippen LogP contribution is -2.03. The van der Waals surface area contributed by atoms with Crippen LogP contribution < -0.4 is 4.74 Å². The molecule has 2 nitrogen and oxygen atoms in total. The van der Waals surface area contributed by atoms with Crippen molar-refractivity contribution in [2.24, 2.45) is 0 Å². The first-order valence-corrected chi connectivity index (χ1v) is 5.63. The highest BCUT2D eigenvalue weighted by Gasteiger charge is 2.19. The van der Waals surface area contributed by atoms with Crippen LogP contribution in [0.15, 0.2) is 24.4 Å². The van der Waals surface area contributed by atoms with E-state index < -0.39 is 0 Å². The summed E-state index contributed by atoms with van der Waals surface area (Å²) in [5, 5.41) is 0. The highest BCUT2D eigenvalue weighted by molar-refractivity contribution is 5.72. The predicted octanol–water partition coefficient (Wildman–Crippen LogP) is 3.10. The Balaban J connectivity index is 2.18. The molecule has 0 saturated carbocycles. The fourth-order valence-electron chi connectivity index (χ4n) is 2.52. The number of ether oxygens (including phenoxy) is 1. The molecule has 82 valence electrons. The van der Waals surface area contributed by atoms with Crippen LogP contribution in [0.1, 0.15) is 16.7 Å². The van der Waals surface area contributed by atoms with Crippen molar-refractivity contribution in [1.82, 2.24) is 4.98 Å². The third-order valence-corrected chi connectivity index (χ3v) is 3.44. The summed E-state index contributed by atoms with van der Waals surface area (Å²) in [5.41, 5.74) is 6.85. The van der Waals surface area contributed by atoms with Crippen LogP contribution in [0.5, 0.6) is 5.75 Å². The highest BCUT2D eigenvalue weighted by Crippen LogP contribution is 2.35. The average molecular weight is 213 g/mol. The lowest BCUT2D eigenvalue weighted by Gasteiger charge is -2.17. The lowest BCUT2D eigenvalue weighted by atomic mass is 9.89. The van der Waals surface area contributed by atoms with Gasteiger partial charge in [0.25, 0.3) is 0 Å². The number of rotatable bonds is 1. The molecular formula is C14H15NO. The zero-order valence-electron chi connectivity index (χ0n) is 9.63. The van der Waals surface area contributed by atoms with Gasteiger partial charge in [-0.1, -0.05) is 0 Å². The molecular weight excluding hydrogens is 198 g/mol. The van der Waals surface area contributed by atoms with Crippen LogP contribution in [0.3, 0.4) is 0 Å². The first-order valence-electron chi connectivity index (χ1n) is 5.63. The Morgan fingerprint density at radius 1 is 1.25 bits per heavy atom. The predicted molar refractivity (Wildman–Crippen MR) is 64.9 cm³/mol. The van der Waals surface area contributed by atoms with Crippen LogP contribution in [-0.4, -0.2) is 12.1 Å². The van der Waals surface area contributed by atoms with Gasteiger partial charge in [0.1, 0.15) is 5.75 Å². The Bertz CT molecular complexity index is 540. The molecule has 2 aromatic rings. The van der Waals surface area contributed by atoms with E-state index in [1.54, 1.807) is 7.11 Å². The maximum atomic E-state index is 5.26. The van der Waals surface area contributed by atoms with Gasteiger partial charge in [-0.15, -0.1) is 0 Å². The molecule has 1 aliphatic rings. The number of methoxy groups -OCH3 is 1. The monoisotopic (exact) mass is 213 g/mol. The van der Waals surface area contributed by atoms with Crippen molar-refractivity contribution in [2.45, 2.75) is 19.8 Å². The highest BCUT2D eigenvalue weighted by atomic mass is 16.5. The minimum Gasteiger partial charge on any atom is -0.497 e. The first-order chi connectivity index (χ1) is 7.79. The molecule has 1 aromatic carbocycles. The molecule has 1 aliphatic carbocycles. The topological polar surface area (TPSA) is 25.0 Å². The van der Waals surface area contributed by atoms with Crippen molar-refractivity contribution in [1.29, 1.82) is 0 Å². The van der Waals surface area contributed by atoms with E-state index in [1.165, 1.54) is 27.9 Å². The van der Waals surface area contributed by atoms with E-state index in [9.17, 15) is 0 Å². The third-order valence-electron chi connectivity index (χ3n) is 3.44. The lowest BCUT2D eigenvalue weighted by molar-refractivity contribution is 0.414. The van der Waals surface area contributed by atoms with Crippen LogP contribution in [0.25, 0.3) is 11.3 Å². The zero-order chi connectivity index (χ0) is 11.1. The molecule has 1 heterocycles. The SMILES string of the molecule is COc1ccc2c(c1)CCc1c(C)c[nH]c1-2. The summed E-state index contributed by atoms with van der Waals surface area (Å²) in [6.07, 6.45) is 4.34. The van der Waals surface area contributed by atoms with Gasteiger partial charge in [-0.3, -0.25) is 0 Å². The molecule has 0 spiro atoms. The molecule has 0 amide bonds. The molecule has 0 bridgehead atoms. The van der Waals surface area contributed by atoms with E-state index in [1.807, 2.05) is 6.07 Å². The number of benzene rings is 1. The summed E-state index contributed by atoms with van der Waals surface area (Å²) in [7, 11) is 1.72. The summed E-state index contributed by atoms with van der Waals surface area (Å²) >= 11 is 0. The number of fused-ring (bicyclic) bond motifs is 3. The largest absolute Gasteiger partial charge is 0.497 e. The Labute approximate surface area is 95.3 Å². The normalized spacial score (nSPS) is 13.1. The van der Waals surface area contributed by atoms with E-state index in [-0.39, 0.29) is 0 Å². The molecule has 1 aromatic heterocycles. The molecule has 2 heteroatoms. The molecule has 0 atom stereocenters. The number of aromatic amines is 1. The third kappa shape index (κ3) is 1.26. The number of aromatic nitrogens is 1. The molecule has 0 fully saturated rings. The minimum absolute atomic E-state index is 0.950. The smallest absolute Gasteiger partial charge is 0.119 e. The van der Waals surface area contributed by atoms with Gasteiger partial charge < -0.3 is 9.72 Å².